The Morgan fingerprint density at radius 1 is 0.962 bits per heavy atom. The van der Waals surface area contributed by atoms with Crippen molar-refractivity contribution in [2.24, 2.45) is 0 Å². The summed E-state index contributed by atoms with van der Waals surface area (Å²) >= 11 is 0. The minimum Gasteiger partial charge on any atom is -0.506 e. The zero-order valence-corrected chi connectivity index (χ0v) is 14.4. The minimum atomic E-state index is -0.389. The quantitative estimate of drug-likeness (QED) is 0.663. The Morgan fingerprint density at radius 2 is 1.65 bits per heavy atom. The molecule has 3 N–H and O–H groups in total. The first kappa shape index (κ1) is 17.5. The first-order valence-corrected chi connectivity index (χ1v) is 8.37. The maximum Gasteiger partial charge on any atom is 0.255 e. The molecule has 0 bridgehead atoms. The summed E-state index contributed by atoms with van der Waals surface area (Å²) in [5, 5.41) is 17.5. The van der Waals surface area contributed by atoms with Crippen LogP contribution in [-0.2, 0) is 4.79 Å². The Balaban J connectivity index is 1.78. The van der Waals surface area contributed by atoms with Gasteiger partial charge in [-0.25, -0.2) is 0 Å². The van der Waals surface area contributed by atoms with E-state index in [1.165, 1.54) is 6.92 Å². The number of phenolic OH excluding ortho intramolecular Hbond substituents is 1. The number of benzene rings is 3. The van der Waals surface area contributed by atoms with Crippen molar-refractivity contribution in [3.05, 3.63) is 77.9 Å². The van der Waals surface area contributed by atoms with Crippen LogP contribution in [-0.4, -0.2) is 23.5 Å². The molecule has 0 saturated carbocycles. The minimum absolute atomic E-state index is 0.0450. The molecule has 0 spiro atoms. The number of hydrogen-bond acceptors (Lipinski definition) is 3. The van der Waals surface area contributed by atoms with Crippen LogP contribution in [0.15, 0.2) is 66.7 Å². The highest BCUT2D eigenvalue weighted by atomic mass is 16.3. The van der Waals surface area contributed by atoms with Crippen molar-refractivity contribution in [3.8, 4) is 5.75 Å². The molecule has 26 heavy (non-hydrogen) atoms. The van der Waals surface area contributed by atoms with Crippen LogP contribution in [0.4, 0.5) is 0 Å². The summed E-state index contributed by atoms with van der Waals surface area (Å²) in [6.07, 6.45) is 0. The molecule has 132 valence electrons. The fourth-order valence-corrected chi connectivity index (χ4v) is 2.91. The summed E-state index contributed by atoms with van der Waals surface area (Å²) in [4.78, 5) is 24.0. The molecule has 2 amide bonds. The first-order valence-electron chi connectivity index (χ1n) is 8.37. The van der Waals surface area contributed by atoms with Crippen LogP contribution in [0, 0.1) is 0 Å². The van der Waals surface area contributed by atoms with Gasteiger partial charge >= 0.3 is 0 Å². The molecule has 3 aromatic rings. The Labute approximate surface area is 151 Å². The molecule has 0 fully saturated rings. The third-order valence-electron chi connectivity index (χ3n) is 4.19. The monoisotopic (exact) mass is 348 g/mol. The summed E-state index contributed by atoms with van der Waals surface area (Å²) in [6.45, 7) is 1.65. The average Bonchev–Trinajstić information content (AvgIpc) is 2.66. The van der Waals surface area contributed by atoms with Gasteiger partial charge in [0.25, 0.3) is 5.91 Å². The maximum absolute atomic E-state index is 12.5. The van der Waals surface area contributed by atoms with Crippen LogP contribution in [0.25, 0.3) is 10.8 Å². The third-order valence-corrected chi connectivity index (χ3v) is 4.19. The molecule has 0 aromatic heterocycles. The zero-order valence-electron chi connectivity index (χ0n) is 14.4. The van der Waals surface area contributed by atoms with E-state index < -0.39 is 0 Å². The molecule has 3 aromatic carbocycles. The number of rotatable bonds is 5. The Kier molecular flexibility index (Phi) is 5.17. The van der Waals surface area contributed by atoms with Crippen molar-refractivity contribution >= 4 is 22.6 Å². The lowest BCUT2D eigenvalue weighted by molar-refractivity contribution is -0.119. The third kappa shape index (κ3) is 3.83. The second-order valence-electron chi connectivity index (χ2n) is 6.06. The predicted octanol–water partition coefficient (Wildman–Crippen LogP) is 3.15. The second kappa shape index (κ2) is 7.70. The van der Waals surface area contributed by atoms with E-state index in [1.807, 2.05) is 48.5 Å². The van der Waals surface area contributed by atoms with Gasteiger partial charge in [0.15, 0.2) is 0 Å². The number of carbonyl (C=O) groups is 2. The first-order chi connectivity index (χ1) is 12.6. The van der Waals surface area contributed by atoms with Crippen LogP contribution in [0.5, 0.6) is 5.75 Å². The van der Waals surface area contributed by atoms with Crippen LogP contribution >= 0.6 is 0 Å². The molecule has 0 aliphatic carbocycles. The Morgan fingerprint density at radius 3 is 2.38 bits per heavy atom. The number of nitrogens with one attached hydrogen (secondary N) is 2. The number of phenols is 1. The van der Waals surface area contributed by atoms with Gasteiger partial charge in [0.05, 0.1) is 11.6 Å². The summed E-state index contributed by atoms with van der Waals surface area (Å²) in [6, 6.07) is 19.8. The maximum atomic E-state index is 12.5. The molecule has 1 unspecified atom stereocenters. The van der Waals surface area contributed by atoms with Crippen molar-refractivity contribution in [2.45, 2.75) is 13.0 Å². The largest absolute Gasteiger partial charge is 0.506 e. The molecule has 3 rings (SSSR count). The molecule has 5 nitrogen and oxygen atoms in total. The van der Waals surface area contributed by atoms with Crippen LogP contribution in [0.1, 0.15) is 28.9 Å². The second-order valence-corrected chi connectivity index (χ2v) is 6.06. The van der Waals surface area contributed by atoms with Crippen molar-refractivity contribution in [1.82, 2.24) is 10.6 Å². The summed E-state index contributed by atoms with van der Waals surface area (Å²) < 4.78 is 0. The number of aromatic hydroxyl groups is 1. The zero-order chi connectivity index (χ0) is 18.5. The lowest BCUT2D eigenvalue weighted by Crippen LogP contribution is -2.37. The fourth-order valence-electron chi connectivity index (χ4n) is 2.91. The fraction of sp³-hybridized carbons (Fsp3) is 0.143. The predicted molar refractivity (Wildman–Crippen MR) is 101 cm³/mol. The van der Waals surface area contributed by atoms with E-state index in [0.29, 0.717) is 5.39 Å². The number of hydrogen-bond donors (Lipinski definition) is 3. The lowest BCUT2D eigenvalue weighted by Gasteiger charge is -2.19. The van der Waals surface area contributed by atoms with Crippen LogP contribution < -0.4 is 10.6 Å². The van der Waals surface area contributed by atoms with Gasteiger partial charge in [0.2, 0.25) is 5.91 Å². The van der Waals surface area contributed by atoms with Gasteiger partial charge in [-0.1, -0.05) is 60.7 Å². The molecule has 1 atom stereocenters. The van der Waals surface area contributed by atoms with Gasteiger partial charge in [-0.3, -0.25) is 9.59 Å². The van der Waals surface area contributed by atoms with Gasteiger partial charge in [-0.15, -0.1) is 0 Å². The van der Waals surface area contributed by atoms with Crippen LogP contribution in [0.3, 0.4) is 0 Å². The van der Waals surface area contributed by atoms with Gasteiger partial charge in [0.1, 0.15) is 5.75 Å². The highest BCUT2D eigenvalue weighted by Crippen LogP contribution is 2.28. The highest BCUT2D eigenvalue weighted by Gasteiger charge is 2.17. The smallest absolute Gasteiger partial charge is 0.255 e. The Hall–Kier alpha value is -3.34. The van der Waals surface area contributed by atoms with Gasteiger partial charge in [-0.2, -0.15) is 0 Å². The van der Waals surface area contributed by atoms with E-state index in [1.54, 1.807) is 18.2 Å². The van der Waals surface area contributed by atoms with Gasteiger partial charge in [0, 0.05) is 18.9 Å². The Bertz CT molecular complexity index is 938. The average molecular weight is 348 g/mol. The number of amides is 2. The molecule has 0 radical (unpaired) electrons. The van der Waals surface area contributed by atoms with E-state index >= 15 is 0 Å². The van der Waals surface area contributed by atoms with E-state index in [-0.39, 0.29) is 35.7 Å². The van der Waals surface area contributed by atoms with Crippen molar-refractivity contribution in [3.63, 3.8) is 0 Å². The van der Waals surface area contributed by atoms with Gasteiger partial charge < -0.3 is 15.7 Å². The number of fused-ring (bicyclic) bond motifs is 1. The van der Waals surface area contributed by atoms with Gasteiger partial charge in [-0.05, 0) is 17.0 Å². The normalized spacial score (nSPS) is 11.7. The lowest BCUT2D eigenvalue weighted by atomic mass is 10.0. The van der Waals surface area contributed by atoms with E-state index in [4.69, 9.17) is 0 Å². The molecular weight excluding hydrogens is 328 g/mol. The summed E-state index contributed by atoms with van der Waals surface area (Å²) in [5.74, 6) is -0.613. The van der Waals surface area contributed by atoms with Crippen LogP contribution in [0.2, 0.25) is 0 Å². The molecule has 0 aliphatic rings. The molecule has 0 saturated heterocycles. The summed E-state index contributed by atoms with van der Waals surface area (Å²) in [7, 11) is 0. The van der Waals surface area contributed by atoms with E-state index in [2.05, 4.69) is 10.6 Å². The number of carbonyl (C=O) groups excluding carboxylic acids is 2. The van der Waals surface area contributed by atoms with Crippen molar-refractivity contribution < 1.29 is 14.7 Å². The summed E-state index contributed by atoms with van der Waals surface area (Å²) in [5.41, 5.74) is 1.10. The van der Waals surface area contributed by atoms with Crippen molar-refractivity contribution in [2.75, 3.05) is 6.54 Å². The molecule has 5 heteroatoms. The molecular formula is C21H20N2O3. The van der Waals surface area contributed by atoms with E-state index in [0.717, 1.165) is 10.9 Å². The standard InChI is InChI=1S/C21H20N2O3/c1-14(24)23-19(16-8-3-2-4-9-16)13-22-21(26)18-12-11-15-7-5-6-10-17(15)20(18)25/h2-12,19,25H,13H2,1H3,(H,22,26)(H,23,24). The van der Waals surface area contributed by atoms with E-state index in [9.17, 15) is 14.7 Å². The molecule has 0 aliphatic heterocycles. The molecule has 0 heterocycles. The highest BCUT2D eigenvalue weighted by molar-refractivity contribution is 6.03. The SMILES string of the molecule is CC(=O)NC(CNC(=O)c1ccc2ccccc2c1O)c1ccccc1. The topological polar surface area (TPSA) is 78.4 Å². The van der Waals surface area contributed by atoms with Crippen molar-refractivity contribution in [1.29, 1.82) is 0 Å².